The molecule has 0 aromatic heterocycles. The number of Topliss-reactive ketones (excluding diaryl/α,β-unsaturated/α-hetero) is 2. The van der Waals surface area contributed by atoms with E-state index in [1.807, 2.05) is 135 Å². The summed E-state index contributed by atoms with van der Waals surface area (Å²) in [5.41, 5.74) is 5.14. The van der Waals surface area contributed by atoms with E-state index in [4.69, 9.17) is 4.74 Å². The standard InChI is InChI=1S/C34H34N4O3/c1-37(2)29-13-9-27(10-14-29)33(39)23-35-21-25-5-17-31(18-6-25)41-32-19-7-26(8-20-32)22-36-24-34(40)28-11-15-30(16-12-28)38(3)4/h5-22H,23-24H2,1-4H3. The lowest BCUT2D eigenvalue weighted by Gasteiger charge is -2.12. The number of benzene rings is 4. The minimum Gasteiger partial charge on any atom is -0.457 e. The number of hydrogen-bond donors (Lipinski definition) is 0. The maximum Gasteiger partial charge on any atom is 0.184 e. The van der Waals surface area contributed by atoms with E-state index in [2.05, 4.69) is 9.98 Å². The molecule has 0 amide bonds. The normalized spacial score (nSPS) is 11.1. The Morgan fingerprint density at radius 3 is 1.22 bits per heavy atom. The van der Waals surface area contributed by atoms with E-state index >= 15 is 0 Å². The van der Waals surface area contributed by atoms with Crippen molar-refractivity contribution in [2.75, 3.05) is 51.1 Å². The minimum atomic E-state index is -0.0264. The fourth-order valence-corrected chi connectivity index (χ4v) is 3.92. The molecule has 0 heterocycles. The first-order valence-electron chi connectivity index (χ1n) is 13.3. The molecule has 0 saturated carbocycles. The Labute approximate surface area is 241 Å². The Morgan fingerprint density at radius 1 is 0.561 bits per heavy atom. The lowest BCUT2D eigenvalue weighted by Crippen LogP contribution is -2.09. The molecule has 0 unspecified atom stereocenters. The molecule has 208 valence electrons. The van der Waals surface area contributed by atoms with Crippen LogP contribution in [-0.4, -0.2) is 65.3 Å². The molecular weight excluding hydrogens is 512 g/mol. The van der Waals surface area contributed by atoms with Crippen LogP contribution in [0, 0.1) is 0 Å². The van der Waals surface area contributed by atoms with E-state index < -0.39 is 0 Å². The van der Waals surface area contributed by atoms with E-state index in [1.165, 1.54) is 0 Å². The third-order valence-corrected chi connectivity index (χ3v) is 6.36. The summed E-state index contributed by atoms with van der Waals surface area (Å²) in [4.78, 5) is 37.4. The van der Waals surface area contributed by atoms with Gasteiger partial charge in [-0.3, -0.25) is 19.6 Å². The summed E-state index contributed by atoms with van der Waals surface area (Å²) in [6.07, 6.45) is 3.38. The molecule has 0 radical (unpaired) electrons. The molecular formula is C34H34N4O3. The highest BCUT2D eigenvalue weighted by atomic mass is 16.5. The number of aliphatic imine (C=N–C) groups is 2. The Balaban J connectivity index is 1.24. The van der Waals surface area contributed by atoms with Crippen LogP contribution in [0.15, 0.2) is 107 Å². The van der Waals surface area contributed by atoms with Crippen LogP contribution in [0.4, 0.5) is 11.4 Å². The van der Waals surface area contributed by atoms with Gasteiger partial charge in [-0.05, 0) is 108 Å². The van der Waals surface area contributed by atoms with Crippen LogP contribution in [-0.2, 0) is 0 Å². The van der Waals surface area contributed by atoms with Crippen LogP contribution >= 0.6 is 0 Å². The van der Waals surface area contributed by atoms with Crippen LogP contribution in [0.5, 0.6) is 11.5 Å². The van der Waals surface area contributed by atoms with Crippen LogP contribution in [0.25, 0.3) is 0 Å². The van der Waals surface area contributed by atoms with Gasteiger partial charge in [-0.1, -0.05) is 0 Å². The van der Waals surface area contributed by atoms with Crippen molar-refractivity contribution in [2.45, 2.75) is 0 Å². The largest absolute Gasteiger partial charge is 0.457 e. The molecule has 4 aromatic carbocycles. The van der Waals surface area contributed by atoms with Crippen LogP contribution < -0.4 is 14.5 Å². The molecule has 0 bridgehead atoms. The van der Waals surface area contributed by atoms with Gasteiger partial charge in [0.2, 0.25) is 0 Å². The number of anilines is 2. The van der Waals surface area contributed by atoms with E-state index in [0.717, 1.165) is 22.5 Å². The van der Waals surface area contributed by atoms with Gasteiger partial charge in [-0.2, -0.15) is 0 Å². The third kappa shape index (κ3) is 8.47. The Hall–Kier alpha value is -5.04. The van der Waals surface area contributed by atoms with Crippen molar-refractivity contribution < 1.29 is 14.3 Å². The molecule has 0 saturated heterocycles. The van der Waals surface area contributed by atoms with Crippen LogP contribution in [0.2, 0.25) is 0 Å². The molecule has 0 fully saturated rings. The fourth-order valence-electron chi connectivity index (χ4n) is 3.92. The molecule has 0 aliphatic carbocycles. The Kier molecular flexibility index (Phi) is 9.78. The number of nitrogens with zero attached hydrogens (tertiary/aromatic N) is 4. The zero-order valence-corrected chi connectivity index (χ0v) is 23.8. The monoisotopic (exact) mass is 546 g/mol. The molecule has 7 nitrogen and oxygen atoms in total. The van der Waals surface area contributed by atoms with E-state index in [1.54, 1.807) is 12.4 Å². The van der Waals surface area contributed by atoms with Crippen molar-refractivity contribution in [2.24, 2.45) is 9.98 Å². The number of ether oxygens (including phenoxy) is 1. The third-order valence-electron chi connectivity index (χ3n) is 6.36. The van der Waals surface area contributed by atoms with Gasteiger partial charge in [0.25, 0.3) is 0 Å². The average molecular weight is 547 g/mol. The topological polar surface area (TPSA) is 74.6 Å². The molecule has 0 aliphatic heterocycles. The van der Waals surface area contributed by atoms with Gasteiger partial charge in [0.1, 0.15) is 24.6 Å². The predicted octanol–water partition coefficient (Wildman–Crippen LogP) is 6.21. The van der Waals surface area contributed by atoms with Crippen LogP contribution in [0.1, 0.15) is 31.8 Å². The summed E-state index contributed by atoms with van der Waals surface area (Å²) in [6.45, 7) is 0.181. The molecule has 41 heavy (non-hydrogen) atoms. The second-order valence-corrected chi connectivity index (χ2v) is 9.91. The molecule has 0 aliphatic rings. The summed E-state index contributed by atoms with van der Waals surface area (Å²) in [6, 6.07) is 30.0. The van der Waals surface area contributed by atoms with Crippen molar-refractivity contribution in [3.63, 3.8) is 0 Å². The number of rotatable bonds is 12. The predicted molar refractivity (Wildman–Crippen MR) is 168 cm³/mol. The minimum absolute atomic E-state index is 0.0264. The van der Waals surface area contributed by atoms with Gasteiger partial charge in [0.05, 0.1) is 0 Å². The number of hydrogen-bond acceptors (Lipinski definition) is 7. The van der Waals surface area contributed by atoms with E-state index in [-0.39, 0.29) is 24.7 Å². The Morgan fingerprint density at radius 2 is 0.902 bits per heavy atom. The summed E-state index contributed by atoms with van der Waals surface area (Å²) in [5.74, 6) is 1.32. The van der Waals surface area contributed by atoms with Gasteiger partial charge in [-0.15, -0.1) is 0 Å². The van der Waals surface area contributed by atoms with Crippen molar-refractivity contribution >= 4 is 35.4 Å². The van der Waals surface area contributed by atoms with Gasteiger partial charge in [0, 0.05) is 63.1 Å². The molecule has 0 spiro atoms. The van der Waals surface area contributed by atoms with Crippen molar-refractivity contribution in [3.05, 3.63) is 119 Å². The highest BCUT2D eigenvalue weighted by molar-refractivity contribution is 5.99. The quantitative estimate of drug-likeness (QED) is 0.156. The lowest BCUT2D eigenvalue weighted by atomic mass is 10.1. The lowest BCUT2D eigenvalue weighted by molar-refractivity contribution is 0.0994. The SMILES string of the molecule is CN(C)c1ccc(C(=O)CN=Cc2ccc(Oc3ccc(C=NCC(=O)c4ccc(N(C)C)cc4)cc3)cc2)cc1. The Bertz CT molecular complexity index is 1390. The fraction of sp³-hybridized carbons (Fsp3) is 0.176. The first kappa shape index (κ1) is 29.0. The van der Waals surface area contributed by atoms with Gasteiger partial charge in [0.15, 0.2) is 11.6 Å². The van der Waals surface area contributed by atoms with Crippen LogP contribution in [0.3, 0.4) is 0 Å². The molecule has 4 aromatic rings. The second kappa shape index (κ2) is 13.8. The summed E-state index contributed by atoms with van der Waals surface area (Å²) < 4.78 is 5.94. The van der Waals surface area contributed by atoms with Gasteiger partial charge >= 0.3 is 0 Å². The number of carbonyl (C=O) groups is 2. The highest BCUT2D eigenvalue weighted by Crippen LogP contribution is 2.22. The first-order chi connectivity index (χ1) is 19.8. The van der Waals surface area contributed by atoms with Crippen molar-refractivity contribution in [1.29, 1.82) is 0 Å². The average Bonchev–Trinajstić information content (AvgIpc) is 2.99. The van der Waals surface area contributed by atoms with E-state index in [9.17, 15) is 9.59 Å². The molecule has 0 N–H and O–H groups in total. The molecule has 0 atom stereocenters. The highest BCUT2D eigenvalue weighted by Gasteiger charge is 2.06. The number of carbonyl (C=O) groups excluding carboxylic acids is 2. The van der Waals surface area contributed by atoms with Gasteiger partial charge < -0.3 is 14.5 Å². The zero-order valence-electron chi connectivity index (χ0n) is 23.8. The summed E-state index contributed by atoms with van der Waals surface area (Å²) >= 11 is 0. The maximum atomic E-state index is 12.4. The van der Waals surface area contributed by atoms with E-state index in [0.29, 0.717) is 22.6 Å². The zero-order chi connectivity index (χ0) is 29.2. The summed E-state index contributed by atoms with van der Waals surface area (Å²) in [7, 11) is 7.85. The molecule has 4 rings (SSSR count). The van der Waals surface area contributed by atoms with Crippen molar-refractivity contribution in [1.82, 2.24) is 0 Å². The molecule has 7 heteroatoms. The first-order valence-corrected chi connectivity index (χ1v) is 13.3. The maximum absolute atomic E-state index is 12.4. The van der Waals surface area contributed by atoms with Crippen molar-refractivity contribution in [3.8, 4) is 11.5 Å². The smallest absolute Gasteiger partial charge is 0.184 e. The summed E-state index contributed by atoms with van der Waals surface area (Å²) in [5, 5.41) is 0. The van der Waals surface area contributed by atoms with Gasteiger partial charge in [-0.25, -0.2) is 0 Å². The number of ketones is 2. The second-order valence-electron chi connectivity index (χ2n) is 9.91.